The highest BCUT2D eigenvalue weighted by Crippen LogP contribution is 2.30. The lowest BCUT2D eigenvalue weighted by atomic mass is 10.0. The van der Waals surface area contributed by atoms with Gasteiger partial charge in [-0.3, -0.25) is 0 Å². The second-order valence-corrected chi connectivity index (χ2v) is 4.12. The molecule has 2 aromatic rings. The number of phenols is 1. The maximum absolute atomic E-state index is 9.28. The average Bonchev–Trinajstić information content (AvgIpc) is 2.29. The Hall–Kier alpha value is -1.47. The zero-order valence-corrected chi connectivity index (χ0v) is 9.83. The topological polar surface area (TPSA) is 20.2 Å². The van der Waals surface area contributed by atoms with E-state index in [0.29, 0.717) is 5.02 Å². The van der Waals surface area contributed by atoms with E-state index in [1.54, 1.807) is 12.1 Å². The van der Waals surface area contributed by atoms with Gasteiger partial charge in [0.15, 0.2) is 0 Å². The molecule has 1 nitrogen and oxygen atoms in total. The van der Waals surface area contributed by atoms with Crippen LogP contribution in [0, 0.1) is 0 Å². The molecule has 0 saturated heterocycles. The van der Waals surface area contributed by atoms with Crippen molar-refractivity contribution in [1.82, 2.24) is 0 Å². The normalized spacial score (nSPS) is 10.4. The van der Waals surface area contributed by atoms with E-state index in [9.17, 15) is 5.11 Å². The van der Waals surface area contributed by atoms with Crippen LogP contribution in [0.1, 0.15) is 12.5 Å². The van der Waals surface area contributed by atoms with Crippen LogP contribution < -0.4 is 0 Å². The van der Waals surface area contributed by atoms with Gasteiger partial charge in [-0.2, -0.15) is 0 Å². The quantitative estimate of drug-likeness (QED) is 0.820. The molecule has 1 N–H and O–H groups in total. The van der Waals surface area contributed by atoms with Gasteiger partial charge in [-0.15, -0.1) is 0 Å². The minimum Gasteiger partial charge on any atom is -0.508 e. The summed E-state index contributed by atoms with van der Waals surface area (Å²) < 4.78 is 0. The van der Waals surface area contributed by atoms with Crippen LogP contribution in [0.5, 0.6) is 5.75 Å². The molecule has 82 valence electrons. The molecule has 0 aromatic heterocycles. The van der Waals surface area contributed by atoms with Gasteiger partial charge >= 0.3 is 0 Å². The number of hydrogen-bond acceptors (Lipinski definition) is 1. The first-order chi connectivity index (χ1) is 7.70. The highest BCUT2D eigenvalue weighted by molar-refractivity contribution is 6.33. The SMILES string of the molecule is CCc1ccc(-c2ccc(O)cc2Cl)cc1. The first-order valence-electron chi connectivity index (χ1n) is 5.28. The Kier molecular flexibility index (Phi) is 3.16. The van der Waals surface area contributed by atoms with E-state index in [0.717, 1.165) is 17.5 Å². The standard InChI is InChI=1S/C14H13ClO/c1-2-10-3-5-11(6-4-10)13-8-7-12(16)9-14(13)15/h3-9,16H,2H2,1H3. The van der Waals surface area contributed by atoms with Gasteiger partial charge in [-0.1, -0.05) is 42.8 Å². The molecule has 0 amide bonds. The van der Waals surface area contributed by atoms with E-state index in [2.05, 4.69) is 31.2 Å². The Bertz CT molecular complexity index is 489. The predicted molar refractivity (Wildman–Crippen MR) is 67.9 cm³/mol. The molecule has 0 aliphatic rings. The Balaban J connectivity index is 2.42. The minimum absolute atomic E-state index is 0.193. The van der Waals surface area contributed by atoms with Gasteiger partial charge in [-0.05, 0) is 35.7 Å². The Morgan fingerprint density at radius 2 is 1.75 bits per heavy atom. The molecule has 0 radical (unpaired) electrons. The van der Waals surface area contributed by atoms with Crippen LogP contribution in [0.3, 0.4) is 0 Å². The maximum atomic E-state index is 9.28. The molecule has 0 heterocycles. The van der Waals surface area contributed by atoms with Gasteiger partial charge in [0, 0.05) is 5.56 Å². The van der Waals surface area contributed by atoms with Gasteiger partial charge in [0.1, 0.15) is 5.75 Å². The highest BCUT2D eigenvalue weighted by atomic mass is 35.5. The fourth-order valence-electron chi connectivity index (χ4n) is 1.66. The molecule has 0 bridgehead atoms. The molecule has 0 aliphatic carbocycles. The number of halogens is 1. The summed E-state index contributed by atoms with van der Waals surface area (Å²) in [6.07, 6.45) is 1.03. The van der Waals surface area contributed by atoms with Crippen molar-refractivity contribution in [2.24, 2.45) is 0 Å². The van der Waals surface area contributed by atoms with Crippen LogP contribution in [0.2, 0.25) is 5.02 Å². The van der Waals surface area contributed by atoms with Crippen molar-refractivity contribution >= 4 is 11.6 Å². The van der Waals surface area contributed by atoms with Crippen molar-refractivity contribution in [2.45, 2.75) is 13.3 Å². The summed E-state index contributed by atoms with van der Waals surface area (Å²) in [6.45, 7) is 2.13. The van der Waals surface area contributed by atoms with Crippen LogP contribution in [-0.4, -0.2) is 5.11 Å². The van der Waals surface area contributed by atoms with Crippen LogP contribution in [-0.2, 0) is 6.42 Å². The molecule has 16 heavy (non-hydrogen) atoms. The number of aromatic hydroxyl groups is 1. The molecule has 0 atom stereocenters. The molecule has 2 rings (SSSR count). The number of phenolic OH excluding ortho intramolecular Hbond substituents is 1. The van der Waals surface area contributed by atoms with Crippen LogP contribution >= 0.6 is 11.6 Å². The van der Waals surface area contributed by atoms with Crippen molar-refractivity contribution in [3.05, 3.63) is 53.1 Å². The first-order valence-corrected chi connectivity index (χ1v) is 5.66. The molecule has 2 aromatic carbocycles. The van der Waals surface area contributed by atoms with Gasteiger partial charge in [-0.25, -0.2) is 0 Å². The maximum Gasteiger partial charge on any atom is 0.117 e. The highest BCUT2D eigenvalue weighted by Gasteiger charge is 2.03. The zero-order chi connectivity index (χ0) is 11.5. The fraction of sp³-hybridized carbons (Fsp3) is 0.143. The van der Waals surface area contributed by atoms with Gasteiger partial charge in [0.2, 0.25) is 0 Å². The number of benzene rings is 2. The van der Waals surface area contributed by atoms with E-state index in [4.69, 9.17) is 11.6 Å². The summed E-state index contributed by atoms with van der Waals surface area (Å²) in [4.78, 5) is 0. The predicted octanol–water partition coefficient (Wildman–Crippen LogP) is 4.28. The summed E-state index contributed by atoms with van der Waals surface area (Å²) in [5.41, 5.74) is 3.32. The molecular weight excluding hydrogens is 220 g/mol. The lowest BCUT2D eigenvalue weighted by molar-refractivity contribution is 0.475. The fourth-order valence-corrected chi connectivity index (χ4v) is 1.94. The van der Waals surface area contributed by atoms with Crippen molar-refractivity contribution < 1.29 is 5.11 Å². The van der Waals surface area contributed by atoms with E-state index < -0.39 is 0 Å². The summed E-state index contributed by atoms with van der Waals surface area (Å²) in [5, 5.41) is 9.86. The molecular formula is C14H13ClO. The second kappa shape index (κ2) is 4.58. The van der Waals surface area contributed by atoms with Crippen LogP contribution in [0.25, 0.3) is 11.1 Å². The lowest BCUT2D eigenvalue weighted by Crippen LogP contribution is -1.82. The van der Waals surface area contributed by atoms with Crippen LogP contribution in [0.4, 0.5) is 0 Å². The summed E-state index contributed by atoms with van der Waals surface area (Å²) in [7, 11) is 0. The molecule has 0 aliphatic heterocycles. The van der Waals surface area contributed by atoms with Gasteiger partial charge in [0.05, 0.1) is 5.02 Å². The third kappa shape index (κ3) is 2.20. The minimum atomic E-state index is 0.193. The Morgan fingerprint density at radius 3 is 2.31 bits per heavy atom. The molecule has 0 fully saturated rings. The molecule has 0 spiro atoms. The third-order valence-corrected chi connectivity index (χ3v) is 2.94. The third-order valence-electron chi connectivity index (χ3n) is 2.63. The van der Waals surface area contributed by atoms with E-state index in [-0.39, 0.29) is 5.75 Å². The Labute approximate surface area is 100 Å². The van der Waals surface area contributed by atoms with Gasteiger partial charge in [0.25, 0.3) is 0 Å². The van der Waals surface area contributed by atoms with E-state index in [1.807, 2.05) is 6.07 Å². The summed E-state index contributed by atoms with van der Waals surface area (Å²) in [5.74, 6) is 0.193. The second-order valence-electron chi connectivity index (χ2n) is 3.71. The summed E-state index contributed by atoms with van der Waals surface area (Å²) in [6, 6.07) is 13.3. The van der Waals surface area contributed by atoms with Crippen molar-refractivity contribution in [1.29, 1.82) is 0 Å². The monoisotopic (exact) mass is 232 g/mol. The van der Waals surface area contributed by atoms with E-state index in [1.165, 1.54) is 5.56 Å². The smallest absolute Gasteiger partial charge is 0.117 e. The number of hydrogen-bond donors (Lipinski definition) is 1. The lowest BCUT2D eigenvalue weighted by Gasteiger charge is -2.06. The first kappa shape index (κ1) is 11.0. The summed E-state index contributed by atoms with van der Waals surface area (Å²) >= 11 is 6.08. The molecule has 0 unspecified atom stereocenters. The number of rotatable bonds is 2. The molecule has 2 heteroatoms. The van der Waals surface area contributed by atoms with Crippen molar-refractivity contribution in [2.75, 3.05) is 0 Å². The largest absolute Gasteiger partial charge is 0.508 e. The van der Waals surface area contributed by atoms with Crippen molar-refractivity contribution in [3.63, 3.8) is 0 Å². The zero-order valence-electron chi connectivity index (χ0n) is 9.07. The van der Waals surface area contributed by atoms with Gasteiger partial charge < -0.3 is 5.11 Å². The van der Waals surface area contributed by atoms with E-state index >= 15 is 0 Å². The number of aryl methyl sites for hydroxylation is 1. The Morgan fingerprint density at radius 1 is 1.06 bits per heavy atom. The molecule has 0 saturated carbocycles. The van der Waals surface area contributed by atoms with Crippen LogP contribution in [0.15, 0.2) is 42.5 Å². The van der Waals surface area contributed by atoms with Crippen molar-refractivity contribution in [3.8, 4) is 16.9 Å². The average molecular weight is 233 g/mol.